The molecule has 2 aromatic heterocycles. The number of anilines is 1. The number of hydrogen-bond donors (Lipinski definition) is 0. The molecule has 2 aromatic rings. The minimum Gasteiger partial charge on any atom is -0.477 e. The van der Waals surface area contributed by atoms with E-state index in [4.69, 9.17) is 4.74 Å². The molecule has 3 rings (SSSR count). The molecule has 4 nitrogen and oxygen atoms in total. The first-order chi connectivity index (χ1) is 10.7. The molecule has 0 spiro atoms. The van der Waals surface area contributed by atoms with Crippen LogP contribution in [0.4, 0.5) is 5.82 Å². The van der Waals surface area contributed by atoms with Gasteiger partial charge in [-0.25, -0.2) is 9.97 Å². The zero-order chi connectivity index (χ0) is 15.4. The van der Waals surface area contributed by atoms with Crippen molar-refractivity contribution >= 4 is 21.7 Å². The Labute approximate surface area is 139 Å². The van der Waals surface area contributed by atoms with E-state index in [1.165, 1.54) is 5.56 Å². The van der Waals surface area contributed by atoms with Crippen molar-refractivity contribution in [1.82, 2.24) is 9.97 Å². The number of halogens is 1. The first-order valence-electron chi connectivity index (χ1n) is 7.63. The lowest BCUT2D eigenvalue weighted by atomic mass is 9.98. The van der Waals surface area contributed by atoms with Crippen molar-refractivity contribution in [2.24, 2.45) is 5.92 Å². The molecule has 0 saturated carbocycles. The maximum absolute atomic E-state index is 5.77. The molecule has 0 unspecified atom stereocenters. The molecule has 116 valence electrons. The third kappa shape index (κ3) is 3.77. The summed E-state index contributed by atoms with van der Waals surface area (Å²) in [6.07, 6.45) is 5.91. The Bertz CT molecular complexity index is 613. The number of nitrogens with zero attached hydrogens (tertiary/aromatic N) is 3. The highest BCUT2D eigenvalue weighted by Crippen LogP contribution is 2.25. The van der Waals surface area contributed by atoms with Gasteiger partial charge in [0.1, 0.15) is 5.82 Å². The van der Waals surface area contributed by atoms with Gasteiger partial charge < -0.3 is 9.64 Å². The lowest BCUT2D eigenvalue weighted by molar-refractivity contribution is 0.216. The second-order valence-electron chi connectivity index (χ2n) is 5.70. The molecule has 5 heteroatoms. The number of pyridine rings is 2. The Morgan fingerprint density at radius 3 is 2.77 bits per heavy atom. The molecule has 0 N–H and O–H groups in total. The maximum atomic E-state index is 5.77. The number of ether oxygens (including phenoxy) is 1. The number of aromatic nitrogens is 2. The van der Waals surface area contributed by atoms with E-state index in [0.717, 1.165) is 48.7 Å². The lowest BCUT2D eigenvalue weighted by Gasteiger charge is -2.32. The Kier molecular flexibility index (Phi) is 4.93. The quantitative estimate of drug-likeness (QED) is 0.828. The third-order valence-electron chi connectivity index (χ3n) is 4.08. The Hall–Kier alpha value is -1.62. The normalized spacial score (nSPS) is 15.8. The number of piperidine rings is 1. The molecule has 1 aliphatic rings. The van der Waals surface area contributed by atoms with Gasteiger partial charge in [0.2, 0.25) is 5.88 Å². The fourth-order valence-electron chi connectivity index (χ4n) is 2.66. The molecule has 22 heavy (non-hydrogen) atoms. The van der Waals surface area contributed by atoms with Gasteiger partial charge in [-0.05, 0) is 59.3 Å². The second kappa shape index (κ2) is 7.09. The molecule has 0 amide bonds. The average Bonchev–Trinajstić information content (AvgIpc) is 2.57. The molecule has 1 fully saturated rings. The van der Waals surface area contributed by atoms with Crippen LogP contribution in [0.1, 0.15) is 18.4 Å². The predicted molar refractivity (Wildman–Crippen MR) is 91.3 cm³/mol. The molecular weight excluding hydrogens is 342 g/mol. The highest BCUT2D eigenvalue weighted by atomic mass is 79.9. The minimum atomic E-state index is 0.592. The fraction of sp³-hybridized carbons (Fsp3) is 0.412. The van der Waals surface area contributed by atoms with Crippen LogP contribution in [0.25, 0.3) is 0 Å². The summed E-state index contributed by atoms with van der Waals surface area (Å²) in [4.78, 5) is 11.1. The summed E-state index contributed by atoms with van der Waals surface area (Å²) in [6.45, 7) is 4.91. The summed E-state index contributed by atoms with van der Waals surface area (Å²) >= 11 is 3.50. The van der Waals surface area contributed by atoms with Crippen molar-refractivity contribution in [3.63, 3.8) is 0 Å². The van der Waals surface area contributed by atoms with Crippen molar-refractivity contribution in [3.05, 3.63) is 46.7 Å². The Morgan fingerprint density at radius 1 is 1.27 bits per heavy atom. The number of hydrogen-bond acceptors (Lipinski definition) is 4. The van der Waals surface area contributed by atoms with Crippen LogP contribution in [-0.2, 0) is 0 Å². The summed E-state index contributed by atoms with van der Waals surface area (Å²) in [5, 5.41) is 0. The summed E-state index contributed by atoms with van der Waals surface area (Å²) in [7, 11) is 0. The Balaban J connectivity index is 1.51. The summed E-state index contributed by atoms with van der Waals surface area (Å²) in [6, 6.07) is 7.91. The van der Waals surface area contributed by atoms with Gasteiger partial charge in [-0.15, -0.1) is 0 Å². The van der Waals surface area contributed by atoms with E-state index in [1.54, 1.807) is 6.20 Å². The van der Waals surface area contributed by atoms with Crippen molar-refractivity contribution in [3.8, 4) is 5.88 Å². The smallest absolute Gasteiger partial charge is 0.213 e. The van der Waals surface area contributed by atoms with Gasteiger partial charge in [0, 0.05) is 36.0 Å². The Morgan fingerprint density at radius 2 is 2.09 bits per heavy atom. The van der Waals surface area contributed by atoms with Crippen molar-refractivity contribution in [2.75, 3.05) is 24.6 Å². The van der Waals surface area contributed by atoms with Crippen LogP contribution in [0, 0.1) is 12.8 Å². The third-order valence-corrected chi connectivity index (χ3v) is 4.91. The molecule has 1 saturated heterocycles. The van der Waals surface area contributed by atoms with E-state index >= 15 is 0 Å². The fourth-order valence-corrected chi connectivity index (χ4v) is 2.88. The van der Waals surface area contributed by atoms with Gasteiger partial charge in [0.25, 0.3) is 0 Å². The van der Waals surface area contributed by atoms with Crippen molar-refractivity contribution < 1.29 is 4.74 Å². The first kappa shape index (κ1) is 15.3. The van der Waals surface area contributed by atoms with Crippen molar-refractivity contribution in [2.45, 2.75) is 19.8 Å². The van der Waals surface area contributed by atoms with E-state index in [2.05, 4.69) is 43.8 Å². The lowest BCUT2D eigenvalue weighted by Crippen LogP contribution is -2.36. The zero-order valence-electron chi connectivity index (χ0n) is 12.7. The minimum absolute atomic E-state index is 0.592. The number of aryl methyl sites for hydroxylation is 1. The van der Waals surface area contributed by atoms with Crippen molar-refractivity contribution in [1.29, 1.82) is 0 Å². The van der Waals surface area contributed by atoms with E-state index in [0.29, 0.717) is 5.92 Å². The van der Waals surface area contributed by atoms with Crippen LogP contribution >= 0.6 is 15.9 Å². The van der Waals surface area contributed by atoms with E-state index in [-0.39, 0.29) is 0 Å². The molecule has 0 atom stereocenters. The van der Waals surface area contributed by atoms with Crippen LogP contribution in [0.2, 0.25) is 0 Å². The van der Waals surface area contributed by atoms with Crippen LogP contribution < -0.4 is 9.64 Å². The van der Waals surface area contributed by atoms with Crippen LogP contribution in [0.15, 0.2) is 41.1 Å². The van der Waals surface area contributed by atoms with Gasteiger partial charge in [0.05, 0.1) is 6.61 Å². The second-order valence-corrected chi connectivity index (χ2v) is 6.56. The largest absolute Gasteiger partial charge is 0.477 e. The van der Waals surface area contributed by atoms with Gasteiger partial charge >= 0.3 is 0 Å². The summed E-state index contributed by atoms with van der Waals surface area (Å²) in [5.41, 5.74) is 1.23. The summed E-state index contributed by atoms with van der Waals surface area (Å²) in [5.74, 6) is 2.38. The van der Waals surface area contributed by atoms with Crippen LogP contribution in [-0.4, -0.2) is 29.7 Å². The van der Waals surface area contributed by atoms with Crippen LogP contribution in [0.5, 0.6) is 5.88 Å². The standard InChI is InChI=1S/C17H20BrN3O/c1-13-10-16(20-11-15(13)18)21-8-5-14(6-9-21)12-22-17-4-2-3-7-19-17/h2-4,7,10-11,14H,5-6,8-9,12H2,1H3. The molecule has 0 aliphatic carbocycles. The van der Waals surface area contributed by atoms with Gasteiger partial charge in [0.15, 0.2) is 0 Å². The summed E-state index contributed by atoms with van der Waals surface area (Å²) < 4.78 is 6.83. The van der Waals surface area contributed by atoms with Gasteiger partial charge in [-0.3, -0.25) is 0 Å². The molecule has 0 aromatic carbocycles. The van der Waals surface area contributed by atoms with E-state index in [9.17, 15) is 0 Å². The molecular formula is C17H20BrN3O. The first-order valence-corrected chi connectivity index (χ1v) is 8.42. The monoisotopic (exact) mass is 361 g/mol. The highest BCUT2D eigenvalue weighted by molar-refractivity contribution is 9.10. The highest BCUT2D eigenvalue weighted by Gasteiger charge is 2.21. The van der Waals surface area contributed by atoms with Gasteiger partial charge in [-0.1, -0.05) is 6.07 Å². The van der Waals surface area contributed by atoms with Gasteiger partial charge in [-0.2, -0.15) is 0 Å². The number of rotatable bonds is 4. The van der Waals surface area contributed by atoms with Crippen LogP contribution in [0.3, 0.4) is 0 Å². The predicted octanol–water partition coefficient (Wildman–Crippen LogP) is 3.84. The zero-order valence-corrected chi connectivity index (χ0v) is 14.3. The van der Waals surface area contributed by atoms with E-state index in [1.807, 2.05) is 24.4 Å². The SMILES string of the molecule is Cc1cc(N2CCC(COc3ccccn3)CC2)ncc1Br. The molecule has 1 aliphatic heterocycles. The average molecular weight is 362 g/mol. The maximum Gasteiger partial charge on any atom is 0.213 e. The molecule has 3 heterocycles. The molecule has 0 bridgehead atoms. The molecule has 0 radical (unpaired) electrons. The topological polar surface area (TPSA) is 38.2 Å². The van der Waals surface area contributed by atoms with E-state index < -0.39 is 0 Å².